The molecule has 2 aliphatic rings. The minimum Gasteiger partial charge on any atom is -0.483 e. The van der Waals surface area contributed by atoms with Crippen molar-refractivity contribution in [1.29, 1.82) is 10.5 Å². The topological polar surface area (TPSA) is 75.7 Å². The molecule has 0 spiro atoms. The Morgan fingerprint density at radius 2 is 2.04 bits per heavy atom. The fourth-order valence-corrected chi connectivity index (χ4v) is 3.12. The van der Waals surface area contributed by atoms with E-state index >= 15 is 0 Å². The standard InChI is InChI=1S/C18H19N5O/c1-18(2)10-15(14-9-13(11-19)5-6-16(14)24-18)23-8-4-7-22(3)17(23)21-12-20/h5-6,9-10H,4,7-8H2,1-3H3. The first-order valence-corrected chi connectivity index (χ1v) is 7.87. The van der Waals surface area contributed by atoms with E-state index in [9.17, 15) is 5.26 Å². The highest BCUT2D eigenvalue weighted by atomic mass is 16.5. The van der Waals surface area contributed by atoms with Gasteiger partial charge in [-0.25, -0.2) is 0 Å². The van der Waals surface area contributed by atoms with Crippen LogP contribution in [0.5, 0.6) is 5.75 Å². The summed E-state index contributed by atoms with van der Waals surface area (Å²) in [6.45, 7) is 5.60. The molecule has 0 aromatic heterocycles. The SMILES string of the molecule is CN1CCCN(C2=CC(C)(C)Oc3ccc(C#N)cc32)C1=NC#N. The van der Waals surface area contributed by atoms with E-state index in [0.29, 0.717) is 11.5 Å². The molecule has 0 unspecified atom stereocenters. The molecule has 122 valence electrons. The fourth-order valence-electron chi connectivity index (χ4n) is 3.12. The van der Waals surface area contributed by atoms with E-state index in [0.717, 1.165) is 36.5 Å². The molecular formula is C18H19N5O. The molecule has 2 heterocycles. The zero-order valence-electron chi connectivity index (χ0n) is 14.1. The van der Waals surface area contributed by atoms with Crippen LogP contribution in [0.3, 0.4) is 0 Å². The Labute approximate surface area is 141 Å². The van der Waals surface area contributed by atoms with Gasteiger partial charge in [-0.1, -0.05) is 0 Å². The van der Waals surface area contributed by atoms with Crippen molar-refractivity contribution < 1.29 is 4.74 Å². The molecule has 1 fully saturated rings. The van der Waals surface area contributed by atoms with Gasteiger partial charge in [-0.3, -0.25) is 0 Å². The summed E-state index contributed by atoms with van der Waals surface area (Å²) in [4.78, 5) is 8.03. The second-order valence-electron chi connectivity index (χ2n) is 6.50. The number of hydrogen-bond donors (Lipinski definition) is 0. The largest absolute Gasteiger partial charge is 0.483 e. The average molecular weight is 321 g/mol. The van der Waals surface area contributed by atoms with Crippen LogP contribution in [0, 0.1) is 22.8 Å². The molecule has 3 rings (SSSR count). The van der Waals surface area contributed by atoms with Gasteiger partial charge >= 0.3 is 0 Å². The predicted molar refractivity (Wildman–Crippen MR) is 90.8 cm³/mol. The van der Waals surface area contributed by atoms with Gasteiger partial charge in [0.25, 0.3) is 0 Å². The van der Waals surface area contributed by atoms with Crippen molar-refractivity contribution in [1.82, 2.24) is 9.80 Å². The fraction of sp³-hybridized carbons (Fsp3) is 0.389. The number of fused-ring (bicyclic) bond motifs is 1. The summed E-state index contributed by atoms with van der Waals surface area (Å²) in [6, 6.07) is 7.59. The zero-order chi connectivity index (χ0) is 17.3. The highest BCUT2D eigenvalue weighted by molar-refractivity contribution is 5.92. The predicted octanol–water partition coefficient (Wildman–Crippen LogP) is 2.54. The number of aliphatic imine (C=N–C) groups is 1. The van der Waals surface area contributed by atoms with Crippen LogP contribution in [-0.4, -0.2) is 41.5 Å². The van der Waals surface area contributed by atoms with Gasteiger partial charge in [-0.15, -0.1) is 4.99 Å². The molecule has 0 saturated carbocycles. The molecule has 0 N–H and O–H groups in total. The summed E-state index contributed by atoms with van der Waals surface area (Å²) in [7, 11) is 1.93. The molecule has 0 radical (unpaired) electrons. The molecule has 0 bridgehead atoms. The second-order valence-corrected chi connectivity index (χ2v) is 6.50. The number of nitrogens with zero attached hydrogens (tertiary/aromatic N) is 5. The van der Waals surface area contributed by atoms with Crippen LogP contribution in [0.15, 0.2) is 29.3 Å². The third kappa shape index (κ3) is 2.79. The molecular weight excluding hydrogens is 302 g/mol. The van der Waals surface area contributed by atoms with Crippen LogP contribution >= 0.6 is 0 Å². The van der Waals surface area contributed by atoms with Crippen molar-refractivity contribution in [2.45, 2.75) is 25.9 Å². The molecule has 1 aromatic carbocycles. The van der Waals surface area contributed by atoms with Crippen molar-refractivity contribution in [3.8, 4) is 18.0 Å². The van der Waals surface area contributed by atoms with E-state index in [-0.39, 0.29) is 0 Å². The van der Waals surface area contributed by atoms with E-state index < -0.39 is 5.60 Å². The molecule has 0 amide bonds. The summed E-state index contributed by atoms with van der Waals surface area (Å²) in [5, 5.41) is 18.3. The van der Waals surface area contributed by atoms with Crippen LogP contribution in [-0.2, 0) is 0 Å². The van der Waals surface area contributed by atoms with Crippen LogP contribution in [0.2, 0.25) is 0 Å². The van der Waals surface area contributed by atoms with Crippen molar-refractivity contribution >= 4 is 11.7 Å². The van der Waals surface area contributed by atoms with E-state index in [1.165, 1.54) is 0 Å². The Bertz CT molecular complexity index is 810. The number of ether oxygens (including phenoxy) is 1. The molecule has 6 heteroatoms. The van der Waals surface area contributed by atoms with Crippen LogP contribution < -0.4 is 4.74 Å². The van der Waals surface area contributed by atoms with Crippen LogP contribution in [0.1, 0.15) is 31.4 Å². The smallest absolute Gasteiger partial charge is 0.216 e. The van der Waals surface area contributed by atoms with Gasteiger partial charge in [-0.2, -0.15) is 10.5 Å². The highest BCUT2D eigenvalue weighted by Crippen LogP contribution is 2.39. The average Bonchev–Trinajstić information content (AvgIpc) is 2.55. The van der Waals surface area contributed by atoms with Crippen molar-refractivity contribution in [2.24, 2.45) is 4.99 Å². The highest BCUT2D eigenvalue weighted by Gasteiger charge is 2.33. The van der Waals surface area contributed by atoms with Gasteiger partial charge in [-0.05, 0) is 44.5 Å². The number of hydrogen-bond acceptors (Lipinski definition) is 4. The van der Waals surface area contributed by atoms with Gasteiger partial charge in [0.05, 0.1) is 17.3 Å². The normalized spacial score (nSPS) is 20.5. The van der Waals surface area contributed by atoms with Crippen LogP contribution in [0.25, 0.3) is 5.70 Å². The Morgan fingerprint density at radius 1 is 1.25 bits per heavy atom. The number of nitriles is 2. The first-order chi connectivity index (χ1) is 11.4. The third-order valence-electron chi connectivity index (χ3n) is 4.14. The maximum absolute atomic E-state index is 9.22. The number of guanidine groups is 1. The zero-order valence-corrected chi connectivity index (χ0v) is 14.1. The summed E-state index contributed by atoms with van der Waals surface area (Å²) in [5.41, 5.74) is 1.88. The summed E-state index contributed by atoms with van der Waals surface area (Å²) < 4.78 is 6.03. The van der Waals surface area contributed by atoms with Gasteiger partial charge in [0.15, 0.2) is 0 Å². The summed E-state index contributed by atoms with van der Waals surface area (Å²) >= 11 is 0. The third-order valence-corrected chi connectivity index (χ3v) is 4.14. The first-order valence-electron chi connectivity index (χ1n) is 7.87. The van der Waals surface area contributed by atoms with E-state index in [1.807, 2.05) is 55.1 Å². The van der Waals surface area contributed by atoms with Gasteiger partial charge in [0.2, 0.25) is 12.2 Å². The lowest BCUT2D eigenvalue weighted by Gasteiger charge is -2.41. The van der Waals surface area contributed by atoms with Crippen molar-refractivity contribution in [2.75, 3.05) is 20.1 Å². The Hall–Kier alpha value is -2.99. The second kappa shape index (κ2) is 5.90. The molecule has 0 atom stereocenters. The molecule has 1 aromatic rings. The first kappa shape index (κ1) is 15.9. The molecule has 0 aliphatic carbocycles. The molecule has 1 saturated heterocycles. The van der Waals surface area contributed by atoms with E-state index in [2.05, 4.69) is 11.1 Å². The molecule has 6 nitrogen and oxygen atoms in total. The minimum absolute atomic E-state index is 0.482. The minimum atomic E-state index is -0.482. The Morgan fingerprint density at radius 3 is 2.75 bits per heavy atom. The lowest BCUT2D eigenvalue weighted by Crippen LogP contribution is -2.48. The van der Waals surface area contributed by atoms with E-state index in [1.54, 1.807) is 6.07 Å². The van der Waals surface area contributed by atoms with Crippen molar-refractivity contribution in [3.05, 3.63) is 35.4 Å². The maximum Gasteiger partial charge on any atom is 0.216 e. The van der Waals surface area contributed by atoms with Gasteiger partial charge in [0, 0.05) is 25.7 Å². The summed E-state index contributed by atoms with van der Waals surface area (Å²) in [5.74, 6) is 1.36. The summed E-state index contributed by atoms with van der Waals surface area (Å²) in [6.07, 6.45) is 4.89. The Kier molecular flexibility index (Phi) is 3.91. The molecule has 2 aliphatic heterocycles. The monoisotopic (exact) mass is 321 g/mol. The quantitative estimate of drug-likeness (QED) is 0.743. The number of benzene rings is 1. The van der Waals surface area contributed by atoms with Crippen LogP contribution in [0.4, 0.5) is 0 Å². The molecule has 24 heavy (non-hydrogen) atoms. The number of rotatable bonds is 1. The maximum atomic E-state index is 9.22. The van der Waals surface area contributed by atoms with Gasteiger partial charge < -0.3 is 14.5 Å². The lowest BCUT2D eigenvalue weighted by atomic mass is 9.96. The lowest BCUT2D eigenvalue weighted by molar-refractivity contribution is 0.155. The van der Waals surface area contributed by atoms with Gasteiger partial charge in [0.1, 0.15) is 11.4 Å². The van der Waals surface area contributed by atoms with Crippen molar-refractivity contribution in [3.63, 3.8) is 0 Å². The Balaban J connectivity index is 2.15. The van der Waals surface area contributed by atoms with E-state index in [4.69, 9.17) is 10.00 Å².